The number of hydrogen-bond acceptors (Lipinski definition) is 6. The van der Waals surface area contributed by atoms with Gasteiger partial charge >= 0.3 is 0 Å². The van der Waals surface area contributed by atoms with Crippen LogP contribution >= 0.6 is 11.3 Å². The number of carbonyl (C=O) groups is 1. The number of fused-ring (bicyclic) bond motifs is 1. The van der Waals surface area contributed by atoms with E-state index in [1.54, 1.807) is 38.5 Å². The summed E-state index contributed by atoms with van der Waals surface area (Å²) in [6.07, 6.45) is 0.896. The molecule has 1 aromatic heterocycles. The van der Waals surface area contributed by atoms with E-state index >= 15 is 0 Å². The standard InChI is InChI=1S/C23H27N3O5S2/c1-15-5-7-17(8-6-15)33(28,29)26-11-9-16(10-12-26)22(27)24-23-25(2)18-13-19(30-3)20(31-4)14-21(18)32-23/h5-8,13-14,16H,9-12H2,1-4H3. The van der Waals surface area contributed by atoms with Gasteiger partial charge in [-0.1, -0.05) is 29.0 Å². The minimum atomic E-state index is -3.56. The van der Waals surface area contributed by atoms with Crippen LogP contribution in [0.2, 0.25) is 0 Å². The van der Waals surface area contributed by atoms with Gasteiger partial charge in [0.15, 0.2) is 16.3 Å². The van der Waals surface area contributed by atoms with E-state index < -0.39 is 10.0 Å². The van der Waals surface area contributed by atoms with Gasteiger partial charge in [0.25, 0.3) is 5.91 Å². The molecule has 10 heteroatoms. The van der Waals surface area contributed by atoms with Gasteiger partial charge in [-0.3, -0.25) is 4.79 Å². The SMILES string of the molecule is COc1cc2sc(=NC(=O)C3CCN(S(=O)(=O)c4ccc(C)cc4)CC3)n(C)c2cc1OC. The van der Waals surface area contributed by atoms with Crippen LogP contribution in [0.5, 0.6) is 11.5 Å². The molecule has 0 unspecified atom stereocenters. The fraction of sp³-hybridized carbons (Fsp3) is 0.391. The van der Waals surface area contributed by atoms with Gasteiger partial charge in [-0.2, -0.15) is 9.30 Å². The lowest BCUT2D eigenvalue weighted by molar-refractivity contribution is -0.122. The molecular formula is C23H27N3O5S2. The number of benzene rings is 2. The molecule has 0 N–H and O–H groups in total. The number of rotatable bonds is 5. The molecule has 176 valence electrons. The van der Waals surface area contributed by atoms with E-state index in [1.807, 2.05) is 30.7 Å². The van der Waals surface area contributed by atoms with Crippen molar-refractivity contribution >= 4 is 37.5 Å². The highest BCUT2D eigenvalue weighted by atomic mass is 32.2. The molecule has 1 aliphatic rings. The number of nitrogens with zero attached hydrogens (tertiary/aromatic N) is 3. The first-order chi connectivity index (χ1) is 15.7. The first kappa shape index (κ1) is 23.5. The summed E-state index contributed by atoms with van der Waals surface area (Å²) >= 11 is 1.40. The van der Waals surface area contributed by atoms with Gasteiger partial charge in [-0.05, 0) is 31.9 Å². The number of ether oxygens (including phenoxy) is 2. The van der Waals surface area contributed by atoms with Crippen LogP contribution in [0.1, 0.15) is 18.4 Å². The molecule has 1 aliphatic heterocycles. The Morgan fingerprint density at radius 3 is 2.27 bits per heavy atom. The lowest BCUT2D eigenvalue weighted by Gasteiger charge is -2.29. The zero-order valence-electron chi connectivity index (χ0n) is 19.1. The fourth-order valence-corrected chi connectivity index (χ4v) is 6.45. The van der Waals surface area contributed by atoms with Crippen LogP contribution in [0.3, 0.4) is 0 Å². The van der Waals surface area contributed by atoms with Crippen LogP contribution in [0.4, 0.5) is 0 Å². The molecular weight excluding hydrogens is 462 g/mol. The molecule has 0 radical (unpaired) electrons. The Bertz CT molecular complexity index is 1350. The molecule has 2 aromatic carbocycles. The molecule has 8 nitrogen and oxygen atoms in total. The quantitative estimate of drug-likeness (QED) is 0.549. The number of sulfonamides is 1. The third-order valence-corrected chi connectivity index (χ3v) is 8.99. The number of thiazole rings is 1. The Labute approximate surface area is 197 Å². The summed E-state index contributed by atoms with van der Waals surface area (Å²) in [5, 5.41) is 0. The maximum Gasteiger partial charge on any atom is 0.251 e. The molecule has 2 heterocycles. The maximum absolute atomic E-state index is 12.9. The summed E-state index contributed by atoms with van der Waals surface area (Å²) < 4.78 is 40.8. The second-order valence-electron chi connectivity index (χ2n) is 8.06. The average Bonchev–Trinajstić information content (AvgIpc) is 3.12. The van der Waals surface area contributed by atoms with Crippen LogP contribution in [0.15, 0.2) is 46.3 Å². The predicted molar refractivity (Wildman–Crippen MR) is 127 cm³/mol. The first-order valence-electron chi connectivity index (χ1n) is 10.6. The number of amides is 1. The van der Waals surface area contributed by atoms with Crippen molar-refractivity contribution in [2.24, 2.45) is 18.0 Å². The molecule has 1 saturated heterocycles. The highest BCUT2D eigenvalue weighted by Crippen LogP contribution is 2.33. The van der Waals surface area contributed by atoms with Crippen molar-refractivity contribution in [3.8, 4) is 11.5 Å². The van der Waals surface area contributed by atoms with Crippen LogP contribution in [0.25, 0.3) is 10.2 Å². The fourth-order valence-electron chi connectivity index (χ4n) is 3.95. The van der Waals surface area contributed by atoms with E-state index in [9.17, 15) is 13.2 Å². The number of methoxy groups -OCH3 is 2. The van der Waals surface area contributed by atoms with Gasteiger partial charge in [0.1, 0.15) is 0 Å². The summed E-state index contributed by atoms with van der Waals surface area (Å²) in [7, 11) is 1.46. The average molecular weight is 490 g/mol. The first-order valence-corrected chi connectivity index (χ1v) is 12.9. The smallest absolute Gasteiger partial charge is 0.251 e. The van der Waals surface area contributed by atoms with Gasteiger partial charge in [0, 0.05) is 38.2 Å². The minimum Gasteiger partial charge on any atom is -0.493 e. The lowest BCUT2D eigenvalue weighted by Crippen LogP contribution is -2.40. The van der Waals surface area contributed by atoms with E-state index in [-0.39, 0.29) is 16.7 Å². The van der Waals surface area contributed by atoms with E-state index in [1.165, 1.54) is 15.6 Å². The number of carbonyl (C=O) groups excluding carboxylic acids is 1. The van der Waals surface area contributed by atoms with E-state index in [0.29, 0.717) is 42.2 Å². The van der Waals surface area contributed by atoms with Crippen molar-refractivity contribution in [1.29, 1.82) is 0 Å². The van der Waals surface area contributed by atoms with Crippen molar-refractivity contribution in [2.75, 3.05) is 27.3 Å². The molecule has 33 heavy (non-hydrogen) atoms. The molecule has 0 atom stereocenters. The third kappa shape index (κ3) is 4.55. The Kier molecular flexibility index (Phi) is 6.60. The Balaban J connectivity index is 1.52. The lowest BCUT2D eigenvalue weighted by atomic mass is 9.98. The van der Waals surface area contributed by atoms with Crippen molar-refractivity contribution in [3.05, 3.63) is 46.8 Å². The van der Waals surface area contributed by atoms with Crippen molar-refractivity contribution in [2.45, 2.75) is 24.7 Å². The molecule has 0 spiro atoms. The molecule has 0 saturated carbocycles. The van der Waals surface area contributed by atoms with Gasteiger partial charge in [-0.25, -0.2) is 8.42 Å². The van der Waals surface area contributed by atoms with Gasteiger partial charge in [0.2, 0.25) is 10.0 Å². The van der Waals surface area contributed by atoms with Gasteiger partial charge in [-0.15, -0.1) is 0 Å². The van der Waals surface area contributed by atoms with Crippen LogP contribution in [0, 0.1) is 12.8 Å². The number of aryl methyl sites for hydroxylation is 2. The second-order valence-corrected chi connectivity index (χ2v) is 11.0. The number of piperidine rings is 1. The monoisotopic (exact) mass is 489 g/mol. The maximum atomic E-state index is 12.9. The summed E-state index contributed by atoms with van der Waals surface area (Å²) in [4.78, 5) is 18.2. The van der Waals surface area contributed by atoms with E-state index in [0.717, 1.165) is 15.8 Å². The zero-order valence-corrected chi connectivity index (χ0v) is 20.7. The summed E-state index contributed by atoms with van der Waals surface area (Å²) in [6.45, 7) is 2.52. The van der Waals surface area contributed by atoms with Crippen LogP contribution in [-0.2, 0) is 21.9 Å². The Morgan fingerprint density at radius 1 is 1.06 bits per heavy atom. The largest absolute Gasteiger partial charge is 0.493 e. The van der Waals surface area contributed by atoms with E-state index in [2.05, 4.69) is 4.99 Å². The normalized spacial score (nSPS) is 16.3. The second kappa shape index (κ2) is 9.28. The van der Waals surface area contributed by atoms with Gasteiger partial charge in [0.05, 0.1) is 29.3 Å². The van der Waals surface area contributed by atoms with Gasteiger partial charge < -0.3 is 14.0 Å². The summed E-state index contributed by atoms with van der Waals surface area (Å²) in [5.74, 6) is 0.706. The summed E-state index contributed by atoms with van der Waals surface area (Å²) in [6, 6.07) is 10.6. The van der Waals surface area contributed by atoms with Crippen molar-refractivity contribution in [1.82, 2.24) is 8.87 Å². The Morgan fingerprint density at radius 2 is 1.67 bits per heavy atom. The highest BCUT2D eigenvalue weighted by molar-refractivity contribution is 7.89. The highest BCUT2D eigenvalue weighted by Gasteiger charge is 2.32. The van der Waals surface area contributed by atoms with Crippen molar-refractivity contribution < 1.29 is 22.7 Å². The van der Waals surface area contributed by atoms with E-state index in [4.69, 9.17) is 9.47 Å². The topological polar surface area (TPSA) is 90.2 Å². The molecule has 3 aromatic rings. The number of aromatic nitrogens is 1. The summed E-state index contributed by atoms with van der Waals surface area (Å²) in [5.41, 5.74) is 1.90. The molecule has 4 rings (SSSR count). The van der Waals surface area contributed by atoms with Crippen LogP contribution in [-0.4, -0.2) is 50.5 Å². The Hall–Kier alpha value is -2.69. The molecule has 0 aliphatic carbocycles. The molecule has 1 amide bonds. The van der Waals surface area contributed by atoms with Crippen molar-refractivity contribution in [3.63, 3.8) is 0 Å². The predicted octanol–water partition coefficient (Wildman–Crippen LogP) is 3.09. The molecule has 1 fully saturated rings. The number of hydrogen-bond donors (Lipinski definition) is 0. The minimum absolute atomic E-state index is 0.219. The third-order valence-electron chi connectivity index (χ3n) is 5.98. The van der Waals surface area contributed by atoms with Crippen LogP contribution < -0.4 is 14.3 Å². The molecule has 0 bridgehead atoms. The zero-order chi connectivity index (χ0) is 23.8.